The van der Waals surface area contributed by atoms with E-state index >= 15 is 4.39 Å². The lowest BCUT2D eigenvalue weighted by Gasteiger charge is -2.44. The Morgan fingerprint density at radius 3 is 2.42 bits per heavy atom. The van der Waals surface area contributed by atoms with Gasteiger partial charge in [-0.2, -0.15) is 0 Å². The standard InChI is InChI=1S/C31H30Cl2FN5O4/c1-6-23(41)37-13-31(34,14-37)15-38-21-12-20(33)26(24-19(32)8-7-9-22(24)40)36-28(21)39(30(43)29(38)42)27-18(16(2)3)10-11-35-25(27)17(4)5/h6-12,16-17,40H,1,13-15H2,2-5H3. The Morgan fingerprint density at radius 1 is 1.12 bits per heavy atom. The van der Waals surface area contributed by atoms with Crippen LogP contribution in [-0.4, -0.2) is 53.8 Å². The van der Waals surface area contributed by atoms with Gasteiger partial charge in [-0.15, -0.1) is 0 Å². The number of amides is 1. The number of alkyl halides is 1. The third-order valence-electron chi connectivity index (χ3n) is 7.55. The molecule has 3 aromatic heterocycles. The number of hydrogen-bond acceptors (Lipinski definition) is 6. The van der Waals surface area contributed by atoms with Crippen molar-refractivity contribution < 1.29 is 14.3 Å². The molecule has 1 aromatic carbocycles. The Kier molecular flexibility index (Phi) is 7.96. The molecule has 0 aliphatic carbocycles. The first-order valence-electron chi connectivity index (χ1n) is 13.7. The van der Waals surface area contributed by atoms with Crippen molar-refractivity contribution in [2.45, 2.75) is 51.7 Å². The Hall–Kier alpha value is -4.02. The highest BCUT2D eigenvalue weighted by atomic mass is 35.5. The maximum absolute atomic E-state index is 15.9. The molecule has 224 valence electrons. The average Bonchev–Trinajstić information content (AvgIpc) is 2.94. The van der Waals surface area contributed by atoms with Gasteiger partial charge in [-0.1, -0.05) is 63.5 Å². The number of hydrogen-bond donors (Lipinski definition) is 1. The molecule has 0 spiro atoms. The molecule has 1 N–H and O–H groups in total. The molecule has 0 saturated carbocycles. The van der Waals surface area contributed by atoms with Crippen LogP contribution in [0.25, 0.3) is 28.1 Å². The molecule has 0 atom stereocenters. The summed E-state index contributed by atoms with van der Waals surface area (Å²) in [5.74, 6) is -0.847. The second kappa shape index (κ2) is 11.2. The number of rotatable bonds is 7. The van der Waals surface area contributed by atoms with Crippen molar-refractivity contribution in [2.24, 2.45) is 0 Å². The number of fused-ring (bicyclic) bond motifs is 1. The highest BCUT2D eigenvalue weighted by Crippen LogP contribution is 2.40. The number of pyridine rings is 2. The molecule has 5 rings (SSSR count). The predicted molar refractivity (Wildman–Crippen MR) is 165 cm³/mol. The van der Waals surface area contributed by atoms with Crippen LogP contribution in [0, 0.1) is 0 Å². The van der Waals surface area contributed by atoms with E-state index in [0.717, 1.165) is 16.2 Å². The SMILES string of the molecule is C=CC(=O)N1CC(F)(Cn2c(=O)c(=O)n(-c3c(C(C)C)ccnc3C(C)C)c3nc(-c4c(O)cccc4Cl)c(Cl)cc32)C1. The van der Waals surface area contributed by atoms with Gasteiger partial charge >= 0.3 is 11.1 Å². The minimum absolute atomic E-state index is 0.00191. The number of carbonyl (C=O) groups excluding carboxylic acids is 1. The van der Waals surface area contributed by atoms with Crippen LogP contribution in [0.5, 0.6) is 5.75 Å². The van der Waals surface area contributed by atoms with Gasteiger partial charge < -0.3 is 10.0 Å². The van der Waals surface area contributed by atoms with Gasteiger partial charge in [0.1, 0.15) is 5.75 Å². The van der Waals surface area contributed by atoms with E-state index in [2.05, 4.69) is 11.6 Å². The number of likely N-dealkylation sites (tertiary alicyclic amines) is 1. The second-order valence-corrected chi connectivity index (χ2v) is 12.1. The van der Waals surface area contributed by atoms with Crippen molar-refractivity contribution in [1.82, 2.24) is 24.0 Å². The Labute approximate surface area is 256 Å². The van der Waals surface area contributed by atoms with E-state index < -0.39 is 29.2 Å². The highest BCUT2D eigenvalue weighted by molar-refractivity contribution is 6.37. The molecule has 9 nitrogen and oxygen atoms in total. The van der Waals surface area contributed by atoms with Gasteiger partial charge in [0.05, 0.1) is 57.8 Å². The number of aromatic nitrogens is 4. The lowest BCUT2D eigenvalue weighted by molar-refractivity contribution is -0.141. The summed E-state index contributed by atoms with van der Waals surface area (Å²) in [7, 11) is 0. The smallest absolute Gasteiger partial charge is 0.322 e. The largest absolute Gasteiger partial charge is 0.507 e. The first kappa shape index (κ1) is 30.4. The first-order chi connectivity index (χ1) is 20.3. The van der Waals surface area contributed by atoms with Crippen LogP contribution in [0.1, 0.15) is 50.8 Å². The Balaban J connectivity index is 1.88. The summed E-state index contributed by atoms with van der Waals surface area (Å²) < 4.78 is 18.1. The molecule has 1 aliphatic rings. The van der Waals surface area contributed by atoms with Gasteiger partial charge in [0.25, 0.3) is 0 Å². The third kappa shape index (κ3) is 5.23. The minimum atomic E-state index is -1.99. The lowest BCUT2D eigenvalue weighted by Crippen LogP contribution is -2.63. The minimum Gasteiger partial charge on any atom is -0.507 e. The molecule has 12 heteroatoms. The van der Waals surface area contributed by atoms with Crippen molar-refractivity contribution in [3.63, 3.8) is 0 Å². The fraction of sp³-hybridized carbons (Fsp3) is 0.323. The van der Waals surface area contributed by atoms with Crippen LogP contribution in [0.2, 0.25) is 10.0 Å². The average molecular weight is 627 g/mol. The van der Waals surface area contributed by atoms with Crippen LogP contribution in [0.15, 0.2) is 58.8 Å². The molecule has 1 saturated heterocycles. The zero-order chi connectivity index (χ0) is 31.4. The predicted octanol–water partition coefficient (Wildman–Crippen LogP) is 5.61. The Bertz CT molecular complexity index is 1860. The summed E-state index contributed by atoms with van der Waals surface area (Å²) in [4.78, 5) is 50.4. The van der Waals surface area contributed by atoms with Gasteiger partial charge in [0.15, 0.2) is 11.3 Å². The number of aromatic hydroxyl groups is 1. The molecule has 4 heterocycles. The van der Waals surface area contributed by atoms with Crippen molar-refractivity contribution in [1.29, 1.82) is 0 Å². The van der Waals surface area contributed by atoms with Crippen molar-refractivity contribution >= 4 is 40.3 Å². The summed E-state index contributed by atoms with van der Waals surface area (Å²) in [6.07, 6.45) is 2.74. The van der Waals surface area contributed by atoms with Crippen LogP contribution < -0.4 is 11.1 Å². The number of phenols is 1. The van der Waals surface area contributed by atoms with Crippen molar-refractivity contribution in [3.8, 4) is 22.7 Å². The zero-order valence-electron chi connectivity index (χ0n) is 24.1. The molecular formula is C31H30Cl2FN5O4. The maximum Gasteiger partial charge on any atom is 0.322 e. The number of halogens is 3. The number of carbonyl (C=O) groups is 1. The van der Waals surface area contributed by atoms with E-state index in [1.807, 2.05) is 27.7 Å². The van der Waals surface area contributed by atoms with Crippen molar-refractivity contribution in [3.05, 3.63) is 91.2 Å². The second-order valence-electron chi connectivity index (χ2n) is 11.3. The van der Waals surface area contributed by atoms with E-state index in [1.54, 1.807) is 24.4 Å². The molecular weight excluding hydrogens is 596 g/mol. The van der Waals surface area contributed by atoms with Crippen LogP contribution in [-0.2, 0) is 11.3 Å². The Morgan fingerprint density at radius 2 is 1.81 bits per heavy atom. The van der Waals surface area contributed by atoms with E-state index in [9.17, 15) is 19.5 Å². The molecule has 1 aliphatic heterocycles. The first-order valence-corrected chi connectivity index (χ1v) is 14.5. The normalized spacial score (nSPS) is 14.4. The number of benzene rings is 1. The molecule has 0 bridgehead atoms. The molecule has 0 unspecified atom stereocenters. The lowest BCUT2D eigenvalue weighted by atomic mass is 9.95. The van der Waals surface area contributed by atoms with E-state index in [4.69, 9.17) is 28.2 Å². The molecule has 4 aromatic rings. The van der Waals surface area contributed by atoms with Crippen LogP contribution >= 0.6 is 23.2 Å². The zero-order valence-corrected chi connectivity index (χ0v) is 25.6. The van der Waals surface area contributed by atoms with Crippen LogP contribution in [0.3, 0.4) is 0 Å². The van der Waals surface area contributed by atoms with Crippen LogP contribution in [0.4, 0.5) is 4.39 Å². The quantitative estimate of drug-likeness (QED) is 0.211. The van der Waals surface area contributed by atoms with Gasteiger partial charge in [0.2, 0.25) is 5.91 Å². The summed E-state index contributed by atoms with van der Waals surface area (Å²) in [5, 5.41) is 10.9. The van der Waals surface area contributed by atoms with Gasteiger partial charge in [-0.05, 0) is 47.7 Å². The molecule has 1 amide bonds. The highest BCUT2D eigenvalue weighted by Gasteiger charge is 2.46. The van der Waals surface area contributed by atoms with Gasteiger partial charge in [-0.25, -0.2) is 9.37 Å². The van der Waals surface area contributed by atoms with E-state index in [0.29, 0.717) is 11.4 Å². The van der Waals surface area contributed by atoms with E-state index in [-0.39, 0.29) is 63.1 Å². The third-order valence-corrected chi connectivity index (χ3v) is 8.15. The maximum atomic E-state index is 15.9. The number of nitrogens with zero attached hydrogens (tertiary/aromatic N) is 5. The fourth-order valence-electron chi connectivity index (χ4n) is 5.46. The molecule has 43 heavy (non-hydrogen) atoms. The van der Waals surface area contributed by atoms with Gasteiger partial charge in [-0.3, -0.25) is 28.5 Å². The van der Waals surface area contributed by atoms with Gasteiger partial charge in [0, 0.05) is 6.20 Å². The fourth-order valence-corrected chi connectivity index (χ4v) is 5.96. The topological polar surface area (TPSA) is 110 Å². The summed E-state index contributed by atoms with van der Waals surface area (Å²) in [6.45, 7) is 10.1. The summed E-state index contributed by atoms with van der Waals surface area (Å²) in [5.41, 5.74) is -1.94. The monoisotopic (exact) mass is 625 g/mol. The summed E-state index contributed by atoms with van der Waals surface area (Å²) in [6, 6.07) is 7.73. The van der Waals surface area contributed by atoms with E-state index in [1.165, 1.54) is 21.6 Å². The molecule has 0 radical (unpaired) electrons. The molecule has 1 fully saturated rings. The van der Waals surface area contributed by atoms with Crippen molar-refractivity contribution in [2.75, 3.05) is 13.1 Å². The number of phenolic OH excluding ortho intramolecular Hbond substituents is 1. The summed E-state index contributed by atoms with van der Waals surface area (Å²) >= 11 is 13.2.